The van der Waals surface area contributed by atoms with Crippen molar-refractivity contribution < 1.29 is 4.39 Å². The van der Waals surface area contributed by atoms with Crippen LogP contribution in [0.1, 0.15) is 22.6 Å². The minimum absolute atomic E-state index is 0.272. The molecule has 0 bridgehead atoms. The summed E-state index contributed by atoms with van der Waals surface area (Å²) in [5, 5.41) is 11.7. The van der Waals surface area contributed by atoms with E-state index in [1.54, 1.807) is 19.2 Å². The second kappa shape index (κ2) is 5.29. The number of hydrogen-bond donors (Lipinski definition) is 1. The molecule has 0 fully saturated rings. The van der Waals surface area contributed by atoms with E-state index >= 15 is 0 Å². The van der Waals surface area contributed by atoms with Crippen molar-refractivity contribution in [3.63, 3.8) is 0 Å². The highest BCUT2D eigenvalue weighted by Gasteiger charge is 2.15. The van der Waals surface area contributed by atoms with Gasteiger partial charge in [0.25, 0.3) is 0 Å². The molecule has 0 amide bonds. The average Bonchev–Trinajstić information content (AvgIpc) is 2.49. The number of benzene rings is 1. The van der Waals surface area contributed by atoms with Gasteiger partial charge < -0.3 is 5.32 Å². The SMILES string of the molecule is Cc1nc2c(c(Nc3ccc(C#N)cc3F)n1)C=NCC2. The largest absolute Gasteiger partial charge is 0.337 e. The highest BCUT2D eigenvalue weighted by atomic mass is 19.1. The number of anilines is 2. The molecule has 104 valence electrons. The van der Waals surface area contributed by atoms with Crippen molar-refractivity contribution in [2.45, 2.75) is 13.3 Å². The number of nitriles is 1. The van der Waals surface area contributed by atoms with Gasteiger partial charge in [0.1, 0.15) is 17.5 Å². The summed E-state index contributed by atoms with van der Waals surface area (Å²) in [6.07, 6.45) is 2.46. The predicted octanol–water partition coefficient (Wildman–Crippen LogP) is 2.51. The van der Waals surface area contributed by atoms with Gasteiger partial charge in [0, 0.05) is 19.2 Å². The van der Waals surface area contributed by atoms with Crippen LogP contribution in [0.2, 0.25) is 0 Å². The van der Waals surface area contributed by atoms with Gasteiger partial charge in [-0.2, -0.15) is 5.26 Å². The van der Waals surface area contributed by atoms with Crippen LogP contribution in [-0.4, -0.2) is 22.7 Å². The number of aromatic nitrogens is 2. The van der Waals surface area contributed by atoms with E-state index < -0.39 is 5.82 Å². The molecule has 0 saturated heterocycles. The van der Waals surface area contributed by atoms with E-state index in [1.165, 1.54) is 12.1 Å². The number of nitrogens with zero attached hydrogens (tertiary/aromatic N) is 4. The van der Waals surface area contributed by atoms with Crippen molar-refractivity contribution in [1.82, 2.24) is 9.97 Å². The summed E-state index contributed by atoms with van der Waals surface area (Å²) < 4.78 is 14.0. The summed E-state index contributed by atoms with van der Waals surface area (Å²) in [6.45, 7) is 2.50. The van der Waals surface area contributed by atoms with E-state index in [0.717, 1.165) is 17.7 Å². The van der Waals surface area contributed by atoms with Crippen LogP contribution >= 0.6 is 0 Å². The lowest BCUT2D eigenvalue weighted by Crippen LogP contribution is -2.12. The molecule has 5 nitrogen and oxygen atoms in total. The number of aliphatic imine (C=N–C) groups is 1. The minimum atomic E-state index is -0.494. The van der Waals surface area contributed by atoms with Gasteiger partial charge in [-0.05, 0) is 25.1 Å². The first-order valence-electron chi connectivity index (χ1n) is 6.51. The Hall–Kier alpha value is -2.81. The molecule has 0 spiro atoms. The smallest absolute Gasteiger partial charge is 0.147 e. The molecule has 0 radical (unpaired) electrons. The van der Waals surface area contributed by atoms with Crippen LogP contribution in [0.5, 0.6) is 0 Å². The molecule has 3 rings (SSSR count). The van der Waals surface area contributed by atoms with Crippen molar-refractivity contribution in [1.29, 1.82) is 5.26 Å². The highest BCUT2D eigenvalue weighted by molar-refractivity contribution is 5.89. The van der Waals surface area contributed by atoms with E-state index in [2.05, 4.69) is 20.3 Å². The Kier molecular flexibility index (Phi) is 3.32. The maximum atomic E-state index is 14.0. The van der Waals surface area contributed by atoms with E-state index in [0.29, 0.717) is 18.2 Å². The van der Waals surface area contributed by atoms with E-state index in [4.69, 9.17) is 5.26 Å². The number of aryl methyl sites for hydroxylation is 1. The third-order valence-electron chi connectivity index (χ3n) is 3.19. The van der Waals surface area contributed by atoms with Crippen molar-refractivity contribution in [2.24, 2.45) is 4.99 Å². The molecule has 2 aromatic rings. The van der Waals surface area contributed by atoms with Crippen molar-refractivity contribution in [3.05, 3.63) is 46.7 Å². The van der Waals surface area contributed by atoms with Crippen LogP contribution in [0.4, 0.5) is 15.9 Å². The standard InChI is InChI=1S/C15H12FN5/c1-9-19-13-4-5-18-8-11(13)15(20-9)21-14-3-2-10(7-17)6-12(14)16/h2-3,6,8H,4-5H2,1H3,(H,19,20,21). The Morgan fingerprint density at radius 3 is 2.95 bits per heavy atom. The van der Waals surface area contributed by atoms with Gasteiger partial charge in [-0.15, -0.1) is 0 Å². The van der Waals surface area contributed by atoms with Crippen LogP contribution in [-0.2, 0) is 6.42 Å². The molecular weight excluding hydrogens is 269 g/mol. The van der Waals surface area contributed by atoms with Crippen LogP contribution in [0.3, 0.4) is 0 Å². The van der Waals surface area contributed by atoms with E-state index in [1.807, 2.05) is 6.07 Å². The molecular formula is C15H12FN5. The minimum Gasteiger partial charge on any atom is -0.337 e. The zero-order valence-corrected chi connectivity index (χ0v) is 11.4. The van der Waals surface area contributed by atoms with Gasteiger partial charge in [-0.1, -0.05) is 0 Å². The molecule has 21 heavy (non-hydrogen) atoms. The fourth-order valence-corrected chi connectivity index (χ4v) is 2.20. The van der Waals surface area contributed by atoms with Crippen molar-refractivity contribution in [2.75, 3.05) is 11.9 Å². The predicted molar refractivity (Wildman–Crippen MR) is 77.3 cm³/mol. The molecule has 1 aromatic carbocycles. The lowest BCUT2D eigenvalue weighted by atomic mass is 10.1. The number of nitrogens with one attached hydrogen (secondary N) is 1. The normalized spacial score (nSPS) is 12.6. The lowest BCUT2D eigenvalue weighted by Gasteiger charge is -2.15. The lowest BCUT2D eigenvalue weighted by molar-refractivity contribution is 0.631. The highest BCUT2D eigenvalue weighted by Crippen LogP contribution is 2.24. The van der Waals surface area contributed by atoms with Crippen LogP contribution in [0, 0.1) is 24.1 Å². The quantitative estimate of drug-likeness (QED) is 0.917. The molecule has 6 heteroatoms. The molecule has 1 aliphatic rings. The molecule has 0 saturated carbocycles. The van der Waals surface area contributed by atoms with Gasteiger partial charge in [0.15, 0.2) is 0 Å². The van der Waals surface area contributed by atoms with E-state index in [-0.39, 0.29) is 11.3 Å². The summed E-state index contributed by atoms with van der Waals surface area (Å²) >= 11 is 0. The summed E-state index contributed by atoms with van der Waals surface area (Å²) in [4.78, 5) is 12.9. The maximum absolute atomic E-state index is 14.0. The second-order valence-corrected chi connectivity index (χ2v) is 4.70. The zero-order chi connectivity index (χ0) is 14.8. The van der Waals surface area contributed by atoms with Crippen LogP contribution < -0.4 is 5.32 Å². The van der Waals surface area contributed by atoms with Gasteiger partial charge in [0.2, 0.25) is 0 Å². The molecule has 2 heterocycles. The number of halogens is 1. The fraction of sp³-hybridized carbons (Fsp3) is 0.200. The van der Waals surface area contributed by atoms with Gasteiger partial charge in [0.05, 0.1) is 28.6 Å². The number of fused-ring (bicyclic) bond motifs is 1. The summed E-state index contributed by atoms with van der Waals surface area (Å²) in [6, 6.07) is 6.18. The van der Waals surface area contributed by atoms with Gasteiger partial charge in [-0.25, -0.2) is 14.4 Å². The van der Waals surface area contributed by atoms with Gasteiger partial charge in [-0.3, -0.25) is 4.99 Å². The van der Waals surface area contributed by atoms with Crippen LogP contribution in [0.25, 0.3) is 0 Å². The first-order chi connectivity index (χ1) is 10.2. The number of hydrogen-bond acceptors (Lipinski definition) is 5. The molecule has 1 N–H and O–H groups in total. The molecule has 0 atom stereocenters. The summed E-state index contributed by atoms with van der Waals surface area (Å²) in [7, 11) is 0. The Morgan fingerprint density at radius 2 is 2.19 bits per heavy atom. The molecule has 1 aliphatic heterocycles. The molecule has 0 unspecified atom stereocenters. The third kappa shape index (κ3) is 2.58. The van der Waals surface area contributed by atoms with Crippen LogP contribution in [0.15, 0.2) is 23.2 Å². The summed E-state index contributed by atoms with van der Waals surface area (Å²) in [5.41, 5.74) is 2.25. The topological polar surface area (TPSA) is 74.0 Å². The first kappa shape index (κ1) is 13.2. The maximum Gasteiger partial charge on any atom is 0.147 e. The number of rotatable bonds is 2. The zero-order valence-electron chi connectivity index (χ0n) is 11.4. The van der Waals surface area contributed by atoms with Crippen molar-refractivity contribution in [3.8, 4) is 6.07 Å². The van der Waals surface area contributed by atoms with Gasteiger partial charge >= 0.3 is 0 Å². The fourth-order valence-electron chi connectivity index (χ4n) is 2.20. The first-order valence-corrected chi connectivity index (χ1v) is 6.51. The second-order valence-electron chi connectivity index (χ2n) is 4.70. The third-order valence-corrected chi connectivity index (χ3v) is 3.19. The Morgan fingerprint density at radius 1 is 1.33 bits per heavy atom. The average molecular weight is 281 g/mol. The van der Waals surface area contributed by atoms with Crippen molar-refractivity contribution >= 4 is 17.7 Å². The Labute approximate surface area is 121 Å². The Bertz CT molecular complexity index is 776. The molecule has 0 aliphatic carbocycles. The van der Waals surface area contributed by atoms with E-state index in [9.17, 15) is 4.39 Å². The summed E-state index contributed by atoms with van der Waals surface area (Å²) in [5.74, 6) is 0.664. The molecule has 1 aromatic heterocycles. The Balaban J connectivity index is 2.01. The monoisotopic (exact) mass is 281 g/mol.